The zero-order valence-corrected chi connectivity index (χ0v) is 26.9. The molecule has 4 N–H and O–H groups in total. The van der Waals surface area contributed by atoms with E-state index in [4.69, 9.17) is 18.9 Å². The van der Waals surface area contributed by atoms with Crippen LogP contribution in [-0.2, 0) is 20.7 Å². The summed E-state index contributed by atoms with van der Waals surface area (Å²) < 4.78 is 22.1. The number of ether oxygens (including phenoxy) is 4. The van der Waals surface area contributed by atoms with Crippen molar-refractivity contribution < 1.29 is 39.0 Å². The van der Waals surface area contributed by atoms with Crippen molar-refractivity contribution in [1.82, 2.24) is 5.32 Å². The molecular weight excluding hydrogens is 578 g/mol. The second kappa shape index (κ2) is 15.9. The van der Waals surface area contributed by atoms with Crippen LogP contribution in [0.4, 0.5) is 5.69 Å². The smallest absolute Gasteiger partial charge is 0.217 e. The highest BCUT2D eigenvalue weighted by molar-refractivity contribution is 5.83. The van der Waals surface area contributed by atoms with Crippen molar-refractivity contribution in [1.29, 1.82) is 0 Å². The van der Waals surface area contributed by atoms with Crippen molar-refractivity contribution in [2.24, 2.45) is 5.41 Å². The molecule has 1 heterocycles. The molecule has 0 bridgehead atoms. The molecule has 1 aliphatic heterocycles. The maximum Gasteiger partial charge on any atom is 0.217 e. The minimum Gasteiger partial charge on any atom is -0.550 e. The Morgan fingerprint density at radius 1 is 1.02 bits per heavy atom. The van der Waals surface area contributed by atoms with Crippen LogP contribution in [0.3, 0.4) is 0 Å². The fraction of sp³-hybridized carbons (Fsp3) is 0.559. The maximum atomic E-state index is 13.5. The lowest BCUT2D eigenvalue weighted by atomic mass is 9.71. The van der Waals surface area contributed by atoms with Gasteiger partial charge in [0.25, 0.3) is 0 Å². The van der Waals surface area contributed by atoms with Gasteiger partial charge in [-0.3, -0.25) is 9.59 Å². The third-order valence-electron chi connectivity index (χ3n) is 8.94. The van der Waals surface area contributed by atoms with Gasteiger partial charge < -0.3 is 44.8 Å². The van der Waals surface area contributed by atoms with Gasteiger partial charge in [-0.25, -0.2) is 0 Å². The van der Waals surface area contributed by atoms with Crippen molar-refractivity contribution in [3.8, 4) is 28.4 Å². The van der Waals surface area contributed by atoms with E-state index < -0.39 is 17.4 Å². The Morgan fingerprint density at radius 2 is 1.73 bits per heavy atom. The van der Waals surface area contributed by atoms with E-state index in [9.17, 15) is 19.5 Å². The van der Waals surface area contributed by atoms with Gasteiger partial charge in [0, 0.05) is 25.0 Å². The monoisotopic (exact) mass is 625 g/mol. The fourth-order valence-corrected chi connectivity index (χ4v) is 6.74. The minimum atomic E-state index is -1.07. The van der Waals surface area contributed by atoms with E-state index in [-0.39, 0.29) is 17.8 Å². The van der Waals surface area contributed by atoms with Crippen LogP contribution in [0.15, 0.2) is 29.1 Å². The summed E-state index contributed by atoms with van der Waals surface area (Å²) in [4.78, 5) is 37.2. The van der Waals surface area contributed by atoms with E-state index in [2.05, 4.69) is 16.0 Å². The lowest BCUT2D eigenvalue weighted by Gasteiger charge is -2.38. The predicted molar refractivity (Wildman–Crippen MR) is 169 cm³/mol. The Morgan fingerprint density at radius 3 is 2.29 bits per heavy atom. The SMILES string of the molecule is C1COCC[NH2+]1.COc1cc2c(c(OC)c1OC)-c1ccc(NCC3(CC(=O)[O-])CCCCC3)c(=O)cc1[C@@H](NC(C)=O)CC2. The fourth-order valence-electron chi connectivity index (χ4n) is 6.74. The van der Waals surface area contributed by atoms with Gasteiger partial charge >= 0.3 is 0 Å². The molecule has 0 spiro atoms. The summed E-state index contributed by atoms with van der Waals surface area (Å²) in [5.74, 6) is 0.192. The van der Waals surface area contributed by atoms with Crippen molar-refractivity contribution in [2.45, 2.75) is 64.3 Å². The first-order chi connectivity index (χ1) is 21.7. The number of carboxylic acids is 1. The third kappa shape index (κ3) is 8.46. The molecule has 3 aliphatic rings. The molecule has 5 rings (SSSR count). The largest absolute Gasteiger partial charge is 0.550 e. The number of benzene rings is 1. The molecule has 0 radical (unpaired) electrons. The van der Waals surface area contributed by atoms with Crippen LogP contribution in [0, 0.1) is 5.41 Å². The Labute approximate surface area is 265 Å². The van der Waals surface area contributed by atoms with E-state index in [1.165, 1.54) is 6.92 Å². The molecule has 2 aliphatic carbocycles. The molecule has 1 amide bonds. The lowest BCUT2D eigenvalue weighted by molar-refractivity contribution is -0.670. The van der Waals surface area contributed by atoms with Gasteiger partial charge in [0.1, 0.15) is 0 Å². The number of aryl methyl sites for hydroxylation is 1. The number of carboxylic acid groups (broad SMARTS) is 1. The second-order valence-corrected chi connectivity index (χ2v) is 12.0. The average molecular weight is 626 g/mol. The molecule has 1 atom stereocenters. The molecule has 11 heteroatoms. The zero-order valence-electron chi connectivity index (χ0n) is 26.9. The Hall–Kier alpha value is -3.83. The molecule has 45 heavy (non-hydrogen) atoms. The summed E-state index contributed by atoms with van der Waals surface area (Å²) >= 11 is 0. The number of carbonyl (C=O) groups is 2. The van der Waals surface area contributed by atoms with Crippen LogP contribution in [0.1, 0.15) is 69.0 Å². The highest BCUT2D eigenvalue weighted by Gasteiger charge is 2.33. The van der Waals surface area contributed by atoms with E-state index in [1.807, 2.05) is 12.1 Å². The number of nitrogens with one attached hydrogen (secondary N) is 2. The third-order valence-corrected chi connectivity index (χ3v) is 8.94. The number of quaternary nitrogens is 1. The van der Waals surface area contributed by atoms with Gasteiger partial charge in [-0.1, -0.05) is 25.3 Å². The Kier molecular flexibility index (Phi) is 12.1. The summed E-state index contributed by atoms with van der Waals surface area (Å²) in [6.07, 6.45) is 5.67. The topological polar surface area (TPSA) is 152 Å². The van der Waals surface area contributed by atoms with Gasteiger partial charge in [0.2, 0.25) is 17.1 Å². The number of fused-ring (bicyclic) bond motifs is 3. The second-order valence-electron chi connectivity index (χ2n) is 12.0. The maximum absolute atomic E-state index is 13.5. The first kappa shape index (κ1) is 34.1. The Bertz CT molecular complexity index is 1390. The van der Waals surface area contributed by atoms with Crippen LogP contribution >= 0.6 is 0 Å². The summed E-state index contributed by atoms with van der Waals surface area (Å²) in [6.45, 7) is 6.02. The van der Waals surface area contributed by atoms with Gasteiger partial charge in [0.15, 0.2) is 11.5 Å². The summed E-state index contributed by atoms with van der Waals surface area (Å²) in [7, 11) is 4.67. The van der Waals surface area contributed by atoms with Crippen LogP contribution in [0.2, 0.25) is 0 Å². The number of nitrogens with two attached hydrogens (primary N) is 1. The first-order valence-corrected chi connectivity index (χ1v) is 15.8. The highest BCUT2D eigenvalue weighted by Crippen LogP contribution is 2.50. The summed E-state index contributed by atoms with van der Waals surface area (Å²) in [6, 6.07) is 6.66. The molecule has 2 fully saturated rings. The molecule has 2 aromatic carbocycles. The number of anilines is 1. The van der Waals surface area contributed by atoms with E-state index in [1.54, 1.807) is 33.5 Å². The first-order valence-electron chi connectivity index (χ1n) is 15.8. The number of hydrogen-bond acceptors (Lipinski definition) is 9. The molecule has 1 saturated carbocycles. The molecule has 246 valence electrons. The number of methoxy groups -OCH3 is 3. The van der Waals surface area contributed by atoms with Crippen molar-refractivity contribution in [3.05, 3.63) is 45.6 Å². The standard InChI is InChI=1S/C30H38N2O7.C4H9NO/c1-18(33)32-22-10-8-19-14-25(37-2)28(38-3)29(39-4)27(19)20-9-11-23(24(34)15-21(20)22)31-17-30(16-26(35)36)12-6-5-7-13-30;1-3-6-4-2-5-1/h9,11,14-15,22H,5-8,10,12-13,16-17H2,1-4H3,(H,31,34)(H,32,33)(H,35,36);5H,1-4H2/t22-;/m0./s1. The number of amides is 1. The summed E-state index contributed by atoms with van der Waals surface area (Å²) in [5, 5.41) is 20.1. The molecule has 0 aromatic heterocycles. The van der Waals surface area contributed by atoms with Gasteiger partial charge in [0.05, 0.1) is 59.4 Å². The van der Waals surface area contributed by atoms with Gasteiger partial charge in [-0.2, -0.15) is 0 Å². The number of aliphatic carboxylic acids is 1. The number of carbonyl (C=O) groups excluding carboxylic acids is 2. The number of morpholine rings is 1. The molecular formula is C34H47N3O8. The average Bonchev–Trinajstić information content (AvgIpc) is 3.28. The number of rotatable bonds is 9. The summed E-state index contributed by atoms with van der Waals surface area (Å²) in [5.41, 5.74) is 2.82. The van der Waals surface area contributed by atoms with Crippen LogP contribution in [-0.4, -0.2) is 66.1 Å². The van der Waals surface area contributed by atoms with Crippen molar-refractivity contribution >= 4 is 17.6 Å². The van der Waals surface area contributed by atoms with Crippen LogP contribution < -0.4 is 40.7 Å². The van der Waals surface area contributed by atoms with Gasteiger partial charge in [-0.15, -0.1) is 0 Å². The van der Waals surface area contributed by atoms with Crippen LogP contribution in [0.25, 0.3) is 11.1 Å². The number of hydrogen-bond donors (Lipinski definition) is 3. The zero-order chi connectivity index (χ0) is 32.4. The predicted octanol–water partition coefficient (Wildman–Crippen LogP) is 1.95. The molecule has 0 unspecified atom stereocenters. The van der Waals surface area contributed by atoms with E-state index >= 15 is 0 Å². The van der Waals surface area contributed by atoms with Crippen LogP contribution in [0.5, 0.6) is 17.2 Å². The highest BCUT2D eigenvalue weighted by atomic mass is 16.5. The van der Waals surface area contributed by atoms with Crippen molar-refractivity contribution in [2.75, 3.05) is 59.5 Å². The normalized spacial score (nSPS) is 18.4. The molecule has 11 nitrogen and oxygen atoms in total. The quantitative estimate of drug-likeness (QED) is 0.380. The van der Waals surface area contributed by atoms with Gasteiger partial charge in [-0.05, 0) is 72.4 Å². The lowest BCUT2D eigenvalue weighted by Crippen LogP contribution is -2.87. The van der Waals surface area contributed by atoms with Crippen molar-refractivity contribution in [3.63, 3.8) is 0 Å². The molecule has 2 aromatic rings. The Balaban J connectivity index is 0.000000687. The molecule has 1 saturated heterocycles. The van der Waals surface area contributed by atoms with E-state index in [0.717, 1.165) is 75.1 Å². The van der Waals surface area contributed by atoms with E-state index in [0.29, 0.717) is 47.9 Å². The minimum absolute atomic E-state index is 0.0412.